The van der Waals surface area contributed by atoms with Gasteiger partial charge in [0.25, 0.3) is 0 Å². The van der Waals surface area contributed by atoms with Crippen LogP contribution in [-0.4, -0.2) is 23.0 Å². The fraction of sp³-hybridized carbons (Fsp3) is 0.267. The van der Waals surface area contributed by atoms with Gasteiger partial charge in [-0.05, 0) is 36.1 Å². The molecule has 2 rings (SSSR count). The van der Waals surface area contributed by atoms with Crippen LogP contribution >= 0.6 is 11.3 Å². The molecule has 0 aliphatic carbocycles. The van der Waals surface area contributed by atoms with E-state index in [4.69, 9.17) is 0 Å². The van der Waals surface area contributed by atoms with Crippen molar-refractivity contribution >= 4 is 17.2 Å². The number of hydrogen-bond acceptors (Lipinski definition) is 3. The summed E-state index contributed by atoms with van der Waals surface area (Å²) in [6.07, 6.45) is 0.441. The quantitative estimate of drug-likeness (QED) is 0.930. The first-order valence-electron chi connectivity index (χ1n) is 6.15. The number of likely N-dealkylation sites (N-methyl/N-ethyl adjacent to an activating group) is 1. The summed E-state index contributed by atoms with van der Waals surface area (Å²) in [5.41, 5.74) is 1.01. The van der Waals surface area contributed by atoms with E-state index in [0.717, 1.165) is 10.4 Å². The molecule has 0 radical (unpaired) electrons. The van der Waals surface area contributed by atoms with E-state index in [1.807, 2.05) is 43.6 Å². The van der Waals surface area contributed by atoms with E-state index in [9.17, 15) is 9.90 Å². The third-order valence-corrected chi connectivity index (χ3v) is 4.13. The molecule has 100 valence electrons. The number of aromatic hydroxyl groups is 1. The van der Waals surface area contributed by atoms with Gasteiger partial charge in [0.15, 0.2) is 0 Å². The van der Waals surface area contributed by atoms with Gasteiger partial charge >= 0.3 is 0 Å². The first-order valence-corrected chi connectivity index (χ1v) is 7.03. The predicted molar refractivity (Wildman–Crippen MR) is 77.3 cm³/mol. The number of phenolic OH excluding ortho intramolecular Hbond substituents is 1. The van der Waals surface area contributed by atoms with Crippen LogP contribution in [0.3, 0.4) is 0 Å². The van der Waals surface area contributed by atoms with Crippen LogP contribution in [0.1, 0.15) is 23.4 Å². The minimum Gasteiger partial charge on any atom is -0.508 e. The summed E-state index contributed by atoms with van der Waals surface area (Å²) in [5, 5.41) is 11.3. The van der Waals surface area contributed by atoms with Crippen molar-refractivity contribution in [1.82, 2.24) is 4.90 Å². The Hall–Kier alpha value is -1.81. The smallest absolute Gasteiger partial charge is 0.228 e. The highest BCUT2D eigenvalue weighted by Gasteiger charge is 2.17. The molecule has 1 unspecified atom stereocenters. The number of thiophene rings is 1. The summed E-state index contributed by atoms with van der Waals surface area (Å²) in [5.74, 6) is 0.339. The van der Waals surface area contributed by atoms with Gasteiger partial charge in [0.05, 0.1) is 12.5 Å². The molecule has 1 atom stereocenters. The van der Waals surface area contributed by atoms with Gasteiger partial charge in [-0.3, -0.25) is 4.79 Å². The third-order valence-electron chi connectivity index (χ3n) is 3.26. The molecule has 1 aromatic carbocycles. The zero-order chi connectivity index (χ0) is 13.8. The summed E-state index contributed by atoms with van der Waals surface area (Å²) < 4.78 is 0. The summed E-state index contributed by atoms with van der Waals surface area (Å²) >= 11 is 1.60. The standard InChI is InChI=1S/C15H17NO2S/c1-11(12-5-7-13(17)8-6-12)16(2)15(18)10-14-4-3-9-19-14/h3-9,11,17H,10H2,1-2H3. The third kappa shape index (κ3) is 3.35. The normalized spacial score (nSPS) is 12.1. The van der Waals surface area contributed by atoms with Gasteiger partial charge in [-0.1, -0.05) is 18.2 Å². The zero-order valence-electron chi connectivity index (χ0n) is 11.0. The van der Waals surface area contributed by atoms with Gasteiger partial charge in [-0.2, -0.15) is 0 Å². The van der Waals surface area contributed by atoms with Crippen LogP contribution in [0.15, 0.2) is 41.8 Å². The summed E-state index contributed by atoms with van der Waals surface area (Å²) in [7, 11) is 1.81. The fourth-order valence-electron chi connectivity index (χ4n) is 1.88. The van der Waals surface area contributed by atoms with Crippen LogP contribution in [0.5, 0.6) is 5.75 Å². The molecule has 0 fully saturated rings. The Labute approximate surface area is 117 Å². The maximum atomic E-state index is 12.2. The second-order valence-electron chi connectivity index (χ2n) is 4.53. The molecular formula is C15H17NO2S. The fourth-order valence-corrected chi connectivity index (χ4v) is 2.58. The highest BCUT2D eigenvalue weighted by atomic mass is 32.1. The molecule has 1 aromatic heterocycles. The molecule has 0 saturated heterocycles. The number of carbonyl (C=O) groups excluding carboxylic acids is 1. The molecule has 3 nitrogen and oxygen atoms in total. The first kappa shape index (κ1) is 13.6. The van der Waals surface area contributed by atoms with E-state index in [2.05, 4.69) is 0 Å². The van der Waals surface area contributed by atoms with Crippen molar-refractivity contribution in [3.63, 3.8) is 0 Å². The van der Waals surface area contributed by atoms with E-state index >= 15 is 0 Å². The minimum atomic E-state index is -0.00642. The maximum absolute atomic E-state index is 12.2. The van der Waals surface area contributed by atoms with Crippen molar-refractivity contribution in [1.29, 1.82) is 0 Å². The molecule has 0 aliphatic heterocycles. The van der Waals surface area contributed by atoms with Gasteiger partial charge in [0, 0.05) is 11.9 Å². The van der Waals surface area contributed by atoms with Crippen LogP contribution in [0.2, 0.25) is 0 Å². The Morgan fingerprint density at radius 2 is 2.00 bits per heavy atom. The van der Waals surface area contributed by atoms with E-state index in [1.54, 1.807) is 28.4 Å². The van der Waals surface area contributed by atoms with Gasteiger partial charge in [-0.25, -0.2) is 0 Å². The summed E-state index contributed by atoms with van der Waals surface area (Å²) in [6, 6.07) is 10.9. The Morgan fingerprint density at radius 3 is 2.58 bits per heavy atom. The molecular weight excluding hydrogens is 258 g/mol. The zero-order valence-corrected chi connectivity index (χ0v) is 11.9. The number of nitrogens with zero attached hydrogens (tertiary/aromatic N) is 1. The van der Waals surface area contributed by atoms with Crippen molar-refractivity contribution in [3.05, 3.63) is 52.2 Å². The molecule has 1 amide bonds. The van der Waals surface area contributed by atoms with Crippen molar-refractivity contribution in [3.8, 4) is 5.75 Å². The predicted octanol–water partition coefficient (Wildman–Crippen LogP) is 3.22. The van der Waals surface area contributed by atoms with Gasteiger partial charge in [0.2, 0.25) is 5.91 Å². The average molecular weight is 275 g/mol. The minimum absolute atomic E-state index is 0.00642. The SMILES string of the molecule is CC(c1ccc(O)cc1)N(C)C(=O)Cc1cccs1. The van der Waals surface area contributed by atoms with Crippen LogP contribution in [0.4, 0.5) is 0 Å². The van der Waals surface area contributed by atoms with Crippen LogP contribution < -0.4 is 0 Å². The van der Waals surface area contributed by atoms with Gasteiger partial charge < -0.3 is 10.0 Å². The van der Waals surface area contributed by atoms with E-state index in [0.29, 0.717) is 6.42 Å². The maximum Gasteiger partial charge on any atom is 0.228 e. The largest absolute Gasteiger partial charge is 0.508 e. The summed E-state index contributed by atoms with van der Waals surface area (Å²) in [6.45, 7) is 1.98. The van der Waals surface area contributed by atoms with E-state index < -0.39 is 0 Å². The molecule has 1 N–H and O–H groups in total. The highest BCUT2D eigenvalue weighted by Crippen LogP contribution is 2.22. The lowest BCUT2D eigenvalue weighted by Gasteiger charge is -2.25. The number of hydrogen-bond donors (Lipinski definition) is 1. The van der Waals surface area contributed by atoms with Crippen LogP contribution in [-0.2, 0) is 11.2 Å². The monoisotopic (exact) mass is 275 g/mol. The molecule has 19 heavy (non-hydrogen) atoms. The molecule has 1 heterocycles. The van der Waals surface area contributed by atoms with Gasteiger partial charge in [-0.15, -0.1) is 11.3 Å². The van der Waals surface area contributed by atoms with Crippen molar-refractivity contribution in [2.75, 3.05) is 7.05 Å². The van der Waals surface area contributed by atoms with E-state index in [1.165, 1.54) is 0 Å². The lowest BCUT2D eigenvalue weighted by Crippen LogP contribution is -2.30. The highest BCUT2D eigenvalue weighted by molar-refractivity contribution is 7.10. The van der Waals surface area contributed by atoms with Crippen molar-refractivity contribution in [2.24, 2.45) is 0 Å². The first-order chi connectivity index (χ1) is 9.08. The molecule has 0 saturated carbocycles. The molecule has 2 aromatic rings. The molecule has 4 heteroatoms. The van der Waals surface area contributed by atoms with Crippen molar-refractivity contribution in [2.45, 2.75) is 19.4 Å². The lowest BCUT2D eigenvalue weighted by atomic mass is 10.1. The van der Waals surface area contributed by atoms with Gasteiger partial charge in [0.1, 0.15) is 5.75 Å². The summed E-state index contributed by atoms with van der Waals surface area (Å²) in [4.78, 5) is 15.0. The number of rotatable bonds is 4. The number of carbonyl (C=O) groups is 1. The number of benzene rings is 1. The second-order valence-corrected chi connectivity index (χ2v) is 5.56. The Kier molecular flexibility index (Phi) is 4.22. The number of phenols is 1. The topological polar surface area (TPSA) is 40.5 Å². The lowest BCUT2D eigenvalue weighted by molar-refractivity contribution is -0.131. The Bertz CT molecular complexity index is 534. The average Bonchev–Trinajstić information content (AvgIpc) is 2.90. The Balaban J connectivity index is 2.04. The van der Waals surface area contributed by atoms with Crippen molar-refractivity contribution < 1.29 is 9.90 Å². The molecule has 0 spiro atoms. The van der Waals surface area contributed by atoms with Crippen LogP contribution in [0.25, 0.3) is 0 Å². The number of amides is 1. The molecule has 0 aliphatic rings. The van der Waals surface area contributed by atoms with Crippen LogP contribution in [0, 0.1) is 0 Å². The second kappa shape index (κ2) is 5.89. The van der Waals surface area contributed by atoms with E-state index in [-0.39, 0.29) is 17.7 Å². The Morgan fingerprint density at radius 1 is 1.32 bits per heavy atom. The molecule has 0 bridgehead atoms.